The fraction of sp³-hybridized carbons (Fsp3) is 0.174. The van der Waals surface area contributed by atoms with E-state index in [1.165, 1.54) is 21.3 Å². The van der Waals surface area contributed by atoms with Gasteiger partial charge >= 0.3 is 0 Å². The van der Waals surface area contributed by atoms with Gasteiger partial charge in [0.15, 0.2) is 0 Å². The number of fused-ring (bicyclic) bond motifs is 2. The van der Waals surface area contributed by atoms with E-state index in [4.69, 9.17) is 0 Å². The van der Waals surface area contributed by atoms with Gasteiger partial charge < -0.3 is 5.32 Å². The predicted octanol–water partition coefficient (Wildman–Crippen LogP) is 2.73. The summed E-state index contributed by atoms with van der Waals surface area (Å²) in [6.07, 6.45) is 0.670. The van der Waals surface area contributed by atoms with Crippen LogP contribution in [0.15, 0.2) is 64.9 Å². The van der Waals surface area contributed by atoms with Crippen molar-refractivity contribution < 1.29 is 22.8 Å². The van der Waals surface area contributed by atoms with Gasteiger partial charge in [-0.05, 0) is 53.8 Å². The third-order valence-corrected chi connectivity index (χ3v) is 8.57. The third-order valence-electron chi connectivity index (χ3n) is 5.71. The van der Waals surface area contributed by atoms with Crippen LogP contribution in [-0.4, -0.2) is 48.4 Å². The van der Waals surface area contributed by atoms with Crippen LogP contribution in [0.5, 0.6) is 0 Å². The largest absolute Gasteiger partial charge is 0.324 e. The molecule has 0 radical (unpaired) electrons. The van der Waals surface area contributed by atoms with Crippen LogP contribution in [0.25, 0.3) is 0 Å². The number of amides is 3. The number of hydrogen-bond donors (Lipinski definition) is 1. The quantitative estimate of drug-likeness (QED) is 0.565. The van der Waals surface area contributed by atoms with Gasteiger partial charge in [-0.3, -0.25) is 19.3 Å². The molecule has 1 aromatic heterocycles. The van der Waals surface area contributed by atoms with Crippen molar-refractivity contribution >= 4 is 44.8 Å². The molecule has 0 unspecified atom stereocenters. The molecule has 0 aliphatic carbocycles. The average Bonchev–Trinajstić information content (AvgIpc) is 3.38. The number of nitrogens with zero attached hydrogens (tertiary/aromatic N) is 2. The summed E-state index contributed by atoms with van der Waals surface area (Å²) < 4.78 is 27.8. The summed E-state index contributed by atoms with van der Waals surface area (Å²) >= 11 is 1.63. The number of thiophene rings is 1. The monoisotopic (exact) mass is 481 g/mol. The SMILES string of the molecule is O=C(CN1C(=O)c2ccccc2C1=O)Nc1cccc(S(=O)(=O)N2CCc3sccc3C2)c1. The van der Waals surface area contributed by atoms with Crippen molar-refractivity contribution in [2.24, 2.45) is 0 Å². The third kappa shape index (κ3) is 3.86. The van der Waals surface area contributed by atoms with Crippen LogP contribution in [0.2, 0.25) is 0 Å². The lowest BCUT2D eigenvalue weighted by Crippen LogP contribution is -2.37. The first-order chi connectivity index (χ1) is 15.8. The van der Waals surface area contributed by atoms with Crippen molar-refractivity contribution in [1.82, 2.24) is 9.21 Å². The van der Waals surface area contributed by atoms with Gasteiger partial charge in [0.2, 0.25) is 15.9 Å². The first-order valence-corrected chi connectivity index (χ1v) is 12.6. The number of benzene rings is 2. The second-order valence-corrected chi connectivity index (χ2v) is 10.7. The maximum absolute atomic E-state index is 13.2. The first-order valence-electron chi connectivity index (χ1n) is 10.2. The molecule has 10 heteroatoms. The zero-order valence-electron chi connectivity index (χ0n) is 17.4. The minimum absolute atomic E-state index is 0.0692. The molecule has 1 N–H and O–H groups in total. The molecule has 0 saturated heterocycles. The Bertz CT molecular complexity index is 1360. The van der Waals surface area contributed by atoms with E-state index < -0.39 is 34.3 Å². The van der Waals surface area contributed by atoms with Crippen LogP contribution in [0.4, 0.5) is 5.69 Å². The Morgan fingerprint density at radius 3 is 2.45 bits per heavy atom. The Hall–Kier alpha value is -3.34. The van der Waals surface area contributed by atoms with E-state index in [-0.39, 0.29) is 21.7 Å². The summed E-state index contributed by atoms with van der Waals surface area (Å²) in [6, 6.07) is 14.3. The van der Waals surface area contributed by atoms with Crippen LogP contribution in [-0.2, 0) is 27.8 Å². The minimum Gasteiger partial charge on any atom is -0.324 e. The number of anilines is 1. The van der Waals surface area contributed by atoms with E-state index in [1.54, 1.807) is 47.7 Å². The van der Waals surface area contributed by atoms with Crippen molar-refractivity contribution in [2.75, 3.05) is 18.4 Å². The highest BCUT2D eigenvalue weighted by Crippen LogP contribution is 2.29. The number of sulfonamides is 1. The predicted molar refractivity (Wildman–Crippen MR) is 122 cm³/mol. The van der Waals surface area contributed by atoms with Crippen LogP contribution in [0, 0.1) is 0 Å². The van der Waals surface area contributed by atoms with Gasteiger partial charge in [0.1, 0.15) is 6.54 Å². The lowest BCUT2D eigenvalue weighted by molar-refractivity contribution is -0.116. The molecule has 33 heavy (non-hydrogen) atoms. The van der Waals surface area contributed by atoms with Crippen LogP contribution < -0.4 is 5.32 Å². The van der Waals surface area contributed by atoms with E-state index in [9.17, 15) is 22.8 Å². The highest BCUT2D eigenvalue weighted by atomic mass is 32.2. The zero-order chi connectivity index (χ0) is 23.2. The summed E-state index contributed by atoms with van der Waals surface area (Å²) in [7, 11) is -3.75. The molecule has 0 saturated carbocycles. The highest BCUT2D eigenvalue weighted by Gasteiger charge is 2.36. The molecular formula is C23H19N3O5S2. The summed E-state index contributed by atoms with van der Waals surface area (Å²) in [4.78, 5) is 39.6. The smallest absolute Gasteiger partial charge is 0.262 e. The maximum Gasteiger partial charge on any atom is 0.262 e. The van der Waals surface area contributed by atoms with Crippen LogP contribution in [0.1, 0.15) is 31.2 Å². The number of carbonyl (C=O) groups is 3. The normalized spacial score (nSPS) is 15.9. The van der Waals surface area contributed by atoms with Crippen molar-refractivity contribution in [3.8, 4) is 0 Å². The van der Waals surface area contributed by atoms with E-state index in [1.807, 2.05) is 11.4 Å². The summed E-state index contributed by atoms with van der Waals surface area (Å²) in [5.74, 6) is -1.65. The Balaban J connectivity index is 1.29. The van der Waals surface area contributed by atoms with Gasteiger partial charge in [0.25, 0.3) is 11.8 Å². The van der Waals surface area contributed by atoms with Crippen molar-refractivity contribution in [2.45, 2.75) is 17.9 Å². The number of hydrogen-bond acceptors (Lipinski definition) is 6. The van der Waals surface area contributed by atoms with Crippen molar-refractivity contribution in [3.05, 3.63) is 81.5 Å². The fourth-order valence-electron chi connectivity index (χ4n) is 4.04. The Labute approximate surface area is 194 Å². The molecule has 3 amide bonds. The standard InChI is InChI=1S/C23H19N3O5S2/c27-21(14-26-22(28)18-6-1-2-7-19(18)23(26)29)24-16-4-3-5-17(12-16)33(30,31)25-10-8-20-15(13-25)9-11-32-20/h1-7,9,11-12H,8,10,13-14H2,(H,24,27). The molecule has 8 nitrogen and oxygen atoms in total. The Kier molecular flexibility index (Phi) is 5.35. The number of rotatable bonds is 5. The molecule has 3 aromatic rings. The average molecular weight is 482 g/mol. The van der Waals surface area contributed by atoms with E-state index >= 15 is 0 Å². The van der Waals surface area contributed by atoms with Gasteiger partial charge in [-0.1, -0.05) is 18.2 Å². The molecule has 2 aromatic carbocycles. The van der Waals surface area contributed by atoms with E-state index in [0.29, 0.717) is 19.5 Å². The minimum atomic E-state index is -3.75. The van der Waals surface area contributed by atoms with Gasteiger partial charge in [0, 0.05) is 23.7 Å². The van der Waals surface area contributed by atoms with E-state index in [2.05, 4.69) is 5.32 Å². The van der Waals surface area contributed by atoms with Crippen LogP contribution in [0.3, 0.4) is 0 Å². The second-order valence-electron chi connectivity index (χ2n) is 7.78. The molecule has 3 heterocycles. The second kappa shape index (κ2) is 8.22. The number of nitrogens with one attached hydrogen (secondary N) is 1. The first kappa shape index (κ1) is 21.5. The van der Waals surface area contributed by atoms with E-state index in [0.717, 1.165) is 10.5 Å². The zero-order valence-corrected chi connectivity index (χ0v) is 19.0. The summed E-state index contributed by atoms with van der Waals surface area (Å²) in [6.45, 7) is 0.250. The fourth-order valence-corrected chi connectivity index (χ4v) is 6.39. The molecule has 2 aliphatic heterocycles. The molecule has 0 fully saturated rings. The maximum atomic E-state index is 13.2. The Morgan fingerprint density at radius 2 is 1.73 bits per heavy atom. The molecule has 2 aliphatic rings. The molecule has 5 rings (SSSR count). The molecule has 0 spiro atoms. The van der Waals surface area contributed by atoms with Gasteiger partial charge in [0.05, 0.1) is 16.0 Å². The van der Waals surface area contributed by atoms with Gasteiger partial charge in [-0.25, -0.2) is 8.42 Å². The molecule has 0 bridgehead atoms. The number of carbonyl (C=O) groups excluding carboxylic acids is 3. The lowest BCUT2D eigenvalue weighted by atomic mass is 10.1. The number of imide groups is 1. The topological polar surface area (TPSA) is 104 Å². The summed E-state index contributed by atoms with van der Waals surface area (Å²) in [5, 5.41) is 4.56. The van der Waals surface area contributed by atoms with Gasteiger partial charge in [-0.15, -0.1) is 11.3 Å². The summed E-state index contributed by atoms with van der Waals surface area (Å²) in [5.41, 5.74) is 1.81. The van der Waals surface area contributed by atoms with Crippen molar-refractivity contribution in [1.29, 1.82) is 0 Å². The van der Waals surface area contributed by atoms with Gasteiger partial charge in [-0.2, -0.15) is 4.31 Å². The lowest BCUT2D eigenvalue weighted by Gasteiger charge is -2.26. The molecule has 0 atom stereocenters. The molecule has 168 valence electrons. The van der Waals surface area contributed by atoms with Crippen LogP contribution >= 0.6 is 11.3 Å². The van der Waals surface area contributed by atoms with Crippen molar-refractivity contribution in [3.63, 3.8) is 0 Å². The highest BCUT2D eigenvalue weighted by molar-refractivity contribution is 7.89. The Morgan fingerprint density at radius 1 is 1.00 bits per heavy atom. The molecular weight excluding hydrogens is 462 g/mol.